The van der Waals surface area contributed by atoms with Crippen LogP contribution in [0.5, 0.6) is 11.6 Å². The maximum atomic E-state index is 14.1. The Kier molecular flexibility index (Phi) is 11.8. The van der Waals surface area contributed by atoms with Crippen molar-refractivity contribution >= 4 is 28.7 Å². The lowest BCUT2D eigenvalue weighted by molar-refractivity contribution is -0.140. The number of methoxy groups -OCH3 is 1. The van der Waals surface area contributed by atoms with Gasteiger partial charge in [0.1, 0.15) is 29.5 Å². The minimum Gasteiger partial charge on any atom is -0.494 e. The second-order valence-electron chi connectivity index (χ2n) is 12.4. The standard InChI is InChI=1S/C33H48N4O6/c1-8-9-13-21(2)14-12-15-22(3)28(36-32(40)43-33(4,5)6)31(39)37-20-23(18-26(37)29(34)38)42-30-25-17-11-10-16-24(25)27(41-7)19-35-30/h9-11,13,16-17,19,21-23,26,28H,8,12,14-15,18,20H2,1-7H3,(H2,34,38)(H,36,40)/b13-9-/t21-,22-,23-,26+,28+/m1/s1. The SMILES string of the molecule is CC/C=C\[C@@H](C)CCC[C@@H](C)[C@H](NC(=O)OC(C)(C)C)C(=O)N1C[C@H](Oc2ncc(OC)c3ccccc23)C[C@H]1C(N)=O. The molecule has 0 aliphatic carbocycles. The molecule has 10 nitrogen and oxygen atoms in total. The van der Waals surface area contributed by atoms with Crippen molar-refractivity contribution in [3.63, 3.8) is 0 Å². The molecule has 2 aromatic rings. The van der Waals surface area contributed by atoms with Gasteiger partial charge in [-0.2, -0.15) is 0 Å². The Hall–Kier alpha value is -3.82. The summed E-state index contributed by atoms with van der Waals surface area (Å²) in [5.41, 5.74) is 5.05. The Balaban J connectivity index is 1.81. The number of amides is 3. The van der Waals surface area contributed by atoms with Crippen LogP contribution in [0.15, 0.2) is 42.6 Å². The molecular formula is C33H48N4O6. The lowest BCUT2D eigenvalue weighted by Gasteiger charge is -2.31. The van der Waals surface area contributed by atoms with Gasteiger partial charge in [-0.3, -0.25) is 9.59 Å². The van der Waals surface area contributed by atoms with E-state index in [9.17, 15) is 14.4 Å². The number of benzene rings is 1. The van der Waals surface area contributed by atoms with Crippen molar-refractivity contribution in [1.82, 2.24) is 15.2 Å². The number of nitrogens with one attached hydrogen (secondary N) is 1. The molecule has 5 atom stereocenters. The zero-order valence-corrected chi connectivity index (χ0v) is 26.6. The highest BCUT2D eigenvalue weighted by molar-refractivity contribution is 5.93. The molecule has 1 aliphatic rings. The first kappa shape index (κ1) is 33.7. The van der Waals surface area contributed by atoms with Gasteiger partial charge < -0.3 is 30.2 Å². The van der Waals surface area contributed by atoms with Gasteiger partial charge in [0.25, 0.3) is 0 Å². The van der Waals surface area contributed by atoms with Crippen LogP contribution < -0.4 is 20.5 Å². The highest BCUT2D eigenvalue weighted by atomic mass is 16.6. The van der Waals surface area contributed by atoms with Crippen LogP contribution in [0.1, 0.15) is 73.6 Å². The number of aromatic nitrogens is 1. The van der Waals surface area contributed by atoms with E-state index in [2.05, 4.69) is 36.3 Å². The third-order valence-electron chi connectivity index (χ3n) is 7.62. The van der Waals surface area contributed by atoms with E-state index in [0.717, 1.165) is 30.0 Å². The molecule has 0 unspecified atom stereocenters. The second-order valence-corrected chi connectivity index (χ2v) is 12.4. The molecule has 3 rings (SSSR count). The van der Waals surface area contributed by atoms with Crippen molar-refractivity contribution < 1.29 is 28.6 Å². The molecule has 236 valence electrons. The van der Waals surface area contributed by atoms with Gasteiger partial charge >= 0.3 is 6.09 Å². The van der Waals surface area contributed by atoms with E-state index < -0.39 is 35.8 Å². The first-order valence-electron chi connectivity index (χ1n) is 15.2. The third kappa shape index (κ3) is 9.33. The molecule has 0 radical (unpaired) electrons. The number of hydrogen-bond donors (Lipinski definition) is 2. The number of nitrogens with two attached hydrogens (primary N) is 1. The predicted molar refractivity (Wildman–Crippen MR) is 167 cm³/mol. The van der Waals surface area contributed by atoms with E-state index in [1.165, 1.54) is 4.90 Å². The number of carbonyl (C=O) groups is 3. The fraction of sp³-hybridized carbons (Fsp3) is 0.576. The largest absolute Gasteiger partial charge is 0.494 e. The normalized spacial score (nSPS) is 19.2. The average molecular weight is 597 g/mol. The summed E-state index contributed by atoms with van der Waals surface area (Å²) in [6, 6.07) is 5.77. The van der Waals surface area contributed by atoms with Crippen molar-refractivity contribution in [1.29, 1.82) is 0 Å². The lowest BCUT2D eigenvalue weighted by Crippen LogP contribution is -2.55. The number of alkyl carbamates (subject to hydrolysis) is 1. The number of carbonyl (C=O) groups excluding carboxylic acids is 3. The van der Waals surface area contributed by atoms with Gasteiger partial charge in [-0.25, -0.2) is 9.78 Å². The van der Waals surface area contributed by atoms with Crippen molar-refractivity contribution in [2.45, 2.75) is 97.4 Å². The molecule has 0 spiro atoms. The monoisotopic (exact) mass is 596 g/mol. The predicted octanol–water partition coefficient (Wildman–Crippen LogP) is 5.38. The molecular weight excluding hydrogens is 548 g/mol. The zero-order chi connectivity index (χ0) is 31.7. The topological polar surface area (TPSA) is 133 Å². The van der Waals surface area contributed by atoms with Gasteiger partial charge in [0.15, 0.2) is 0 Å². The van der Waals surface area contributed by atoms with Gasteiger partial charge in [0, 0.05) is 17.2 Å². The molecule has 43 heavy (non-hydrogen) atoms. The van der Waals surface area contributed by atoms with E-state index in [4.69, 9.17) is 19.9 Å². The average Bonchev–Trinajstić information content (AvgIpc) is 3.38. The lowest BCUT2D eigenvalue weighted by atomic mass is 9.92. The van der Waals surface area contributed by atoms with E-state index in [1.54, 1.807) is 34.1 Å². The van der Waals surface area contributed by atoms with E-state index >= 15 is 0 Å². The highest BCUT2D eigenvalue weighted by Crippen LogP contribution is 2.33. The van der Waals surface area contributed by atoms with Gasteiger partial charge in [-0.15, -0.1) is 0 Å². The summed E-state index contributed by atoms with van der Waals surface area (Å²) < 4.78 is 17.2. The number of allylic oxidation sites excluding steroid dienone is 2. The molecule has 1 aromatic carbocycles. The second kappa shape index (κ2) is 15.1. The summed E-state index contributed by atoms with van der Waals surface area (Å²) >= 11 is 0. The first-order chi connectivity index (χ1) is 20.3. The van der Waals surface area contributed by atoms with E-state index in [1.807, 2.05) is 31.2 Å². The summed E-state index contributed by atoms with van der Waals surface area (Å²) in [6.45, 7) is 11.6. The number of pyridine rings is 1. The number of primary amides is 1. The fourth-order valence-corrected chi connectivity index (χ4v) is 5.41. The van der Waals surface area contributed by atoms with Crippen LogP contribution in [-0.4, -0.2) is 65.2 Å². The number of fused-ring (bicyclic) bond motifs is 1. The molecule has 3 N–H and O–H groups in total. The summed E-state index contributed by atoms with van der Waals surface area (Å²) in [4.78, 5) is 45.4. The Morgan fingerprint density at radius 2 is 1.86 bits per heavy atom. The number of nitrogens with zero attached hydrogens (tertiary/aromatic N) is 2. The molecule has 10 heteroatoms. The summed E-state index contributed by atoms with van der Waals surface area (Å²) in [6.07, 6.45) is 8.46. The maximum absolute atomic E-state index is 14.1. The number of ether oxygens (including phenoxy) is 3. The molecule has 2 heterocycles. The molecule has 1 aromatic heterocycles. The van der Waals surface area contributed by atoms with Crippen molar-refractivity contribution in [3.8, 4) is 11.6 Å². The smallest absolute Gasteiger partial charge is 0.408 e. The fourth-order valence-electron chi connectivity index (χ4n) is 5.41. The molecule has 0 bridgehead atoms. The van der Waals surface area contributed by atoms with Crippen LogP contribution in [0.25, 0.3) is 10.8 Å². The van der Waals surface area contributed by atoms with Crippen molar-refractivity contribution in [2.24, 2.45) is 17.6 Å². The van der Waals surface area contributed by atoms with Gasteiger partial charge in [0.2, 0.25) is 17.7 Å². The summed E-state index contributed by atoms with van der Waals surface area (Å²) in [5, 5.41) is 4.39. The molecule has 0 saturated carbocycles. The van der Waals surface area contributed by atoms with Gasteiger partial charge in [-0.05, 0) is 57.9 Å². The van der Waals surface area contributed by atoms with E-state index in [0.29, 0.717) is 24.0 Å². The Morgan fingerprint density at radius 3 is 2.49 bits per heavy atom. The van der Waals surface area contributed by atoms with Crippen LogP contribution in [0.4, 0.5) is 4.79 Å². The van der Waals surface area contributed by atoms with Crippen LogP contribution in [0.3, 0.4) is 0 Å². The van der Waals surface area contributed by atoms with Crippen molar-refractivity contribution in [2.75, 3.05) is 13.7 Å². The molecule has 1 fully saturated rings. The minimum absolute atomic E-state index is 0.118. The van der Waals surface area contributed by atoms with Gasteiger partial charge in [0.05, 0.1) is 19.9 Å². The van der Waals surface area contributed by atoms with E-state index in [-0.39, 0.29) is 24.8 Å². The molecule has 1 aliphatic heterocycles. The van der Waals surface area contributed by atoms with Crippen LogP contribution in [0.2, 0.25) is 0 Å². The summed E-state index contributed by atoms with van der Waals surface area (Å²) in [5.74, 6) is 0.164. The quantitative estimate of drug-likeness (QED) is 0.297. The third-order valence-corrected chi connectivity index (χ3v) is 7.62. The van der Waals surface area contributed by atoms with Crippen LogP contribution >= 0.6 is 0 Å². The molecule has 3 amide bonds. The Labute approximate surface area is 255 Å². The molecule has 1 saturated heterocycles. The van der Waals surface area contributed by atoms with Crippen LogP contribution in [0, 0.1) is 11.8 Å². The maximum Gasteiger partial charge on any atom is 0.408 e. The summed E-state index contributed by atoms with van der Waals surface area (Å²) in [7, 11) is 1.58. The van der Waals surface area contributed by atoms with Crippen molar-refractivity contribution in [3.05, 3.63) is 42.6 Å². The van der Waals surface area contributed by atoms with Crippen LogP contribution in [-0.2, 0) is 14.3 Å². The Morgan fingerprint density at radius 1 is 1.16 bits per heavy atom. The first-order valence-corrected chi connectivity index (χ1v) is 15.2. The van der Waals surface area contributed by atoms with Gasteiger partial charge in [-0.1, -0.05) is 57.5 Å². The number of likely N-dealkylation sites (tertiary alicyclic amines) is 1. The number of hydrogen-bond acceptors (Lipinski definition) is 7. The minimum atomic E-state index is -0.906. The highest BCUT2D eigenvalue weighted by Gasteiger charge is 2.44. The zero-order valence-electron chi connectivity index (χ0n) is 26.6. The Bertz CT molecular complexity index is 1290. The number of rotatable bonds is 13.